The molecule has 1 heterocycles. The zero-order chi connectivity index (χ0) is 23.6. The van der Waals surface area contributed by atoms with Gasteiger partial charge >= 0.3 is 0 Å². The van der Waals surface area contributed by atoms with E-state index in [1.54, 1.807) is 6.07 Å². The topological polar surface area (TPSA) is 99.8 Å². The van der Waals surface area contributed by atoms with E-state index in [1.807, 2.05) is 54.3 Å². The van der Waals surface area contributed by atoms with Crippen molar-refractivity contribution >= 4 is 23.4 Å². The van der Waals surface area contributed by atoms with Crippen LogP contribution in [-0.2, 0) is 20.9 Å². The maximum absolute atomic E-state index is 12.4. The molecule has 1 aliphatic heterocycles. The van der Waals surface area contributed by atoms with Crippen molar-refractivity contribution in [3.05, 3.63) is 59.7 Å². The Balaban J connectivity index is 1.35. The highest BCUT2D eigenvalue weighted by Crippen LogP contribution is 2.25. The average Bonchev–Trinajstić information content (AvgIpc) is 2.82. The van der Waals surface area contributed by atoms with E-state index < -0.39 is 0 Å². The van der Waals surface area contributed by atoms with Crippen molar-refractivity contribution in [3.8, 4) is 5.75 Å². The van der Waals surface area contributed by atoms with Crippen molar-refractivity contribution in [2.24, 2.45) is 5.92 Å². The van der Waals surface area contributed by atoms with Crippen LogP contribution in [0.2, 0.25) is 0 Å². The zero-order valence-electron chi connectivity index (χ0n) is 19.2. The first-order chi connectivity index (χ1) is 15.9. The Hall–Kier alpha value is -3.39. The fourth-order valence-electron chi connectivity index (χ4n) is 3.83. The maximum Gasteiger partial charge on any atom is 0.243 e. The Kier molecular flexibility index (Phi) is 8.83. The summed E-state index contributed by atoms with van der Waals surface area (Å²) < 4.78 is 5.25. The molecular formula is C25H32N4O4. The number of hydrogen-bond donors (Lipinski definition) is 3. The van der Waals surface area contributed by atoms with Crippen molar-refractivity contribution in [1.29, 1.82) is 0 Å². The largest absolute Gasteiger partial charge is 0.495 e. The fraction of sp³-hybridized carbons (Fsp3) is 0.400. The molecule has 3 N–H and O–H groups in total. The molecule has 176 valence electrons. The number of piperidine rings is 1. The molecule has 1 fully saturated rings. The third-order valence-electron chi connectivity index (χ3n) is 5.71. The van der Waals surface area contributed by atoms with Crippen LogP contribution in [0.25, 0.3) is 0 Å². The van der Waals surface area contributed by atoms with Crippen LogP contribution in [0.3, 0.4) is 0 Å². The number of ether oxygens (including phenoxy) is 1. The summed E-state index contributed by atoms with van der Waals surface area (Å²) in [4.78, 5) is 39.0. The second kappa shape index (κ2) is 12.0. The van der Waals surface area contributed by atoms with Crippen LogP contribution in [-0.4, -0.2) is 55.9 Å². The third-order valence-corrected chi connectivity index (χ3v) is 5.71. The predicted molar refractivity (Wildman–Crippen MR) is 127 cm³/mol. The second-order valence-electron chi connectivity index (χ2n) is 8.28. The van der Waals surface area contributed by atoms with Gasteiger partial charge in [-0.2, -0.15) is 0 Å². The van der Waals surface area contributed by atoms with E-state index in [4.69, 9.17) is 4.74 Å². The number of anilines is 1. The molecule has 3 rings (SSSR count). The lowest BCUT2D eigenvalue weighted by Crippen LogP contribution is -2.45. The van der Waals surface area contributed by atoms with E-state index in [0.29, 0.717) is 43.9 Å². The number of likely N-dealkylation sites (tertiary alicyclic amines) is 1. The van der Waals surface area contributed by atoms with E-state index in [2.05, 4.69) is 16.0 Å². The van der Waals surface area contributed by atoms with Crippen LogP contribution in [0, 0.1) is 12.8 Å². The summed E-state index contributed by atoms with van der Waals surface area (Å²) in [5.74, 6) is 0.0552. The minimum Gasteiger partial charge on any atom is -0.495 e. The number of benzene rings is 2. The van der Waals surface area contributed by atoms with Crippen LogP contribution in [0.1, 0.15) is 24.0 Å². The monoisotopic (exact) mass is 452 g/mol. The van der Waals surface area contributed by atoms with Gasteiger partial charge in [0, 0.05) is 12.5 Å². The number of hydrogen-bond acceptors (Lipinski definition) is 5. The number of rotatable bonds is 9. The number of carbonyl (C=O) groups excluding carboxylic acids is 3. The number of nitrogens with one attached hydrogen (secondary N) is 3. The van der Waals surface area contributed by atoms with Gasteiger partial charge in [0.1, 0.15) is 5.75 Å². The van der Waals surface area contributed by atoms with Gasteiger partial charge in [-0.3, -0.25) is 19.3 Å². The summed E-state index contributed by atoms with van der Waals surface area (Å²) in [6.45, 7) is 3.88. The molecule has 0 unspecified atom stereocenters. The zero-order valence-corrected chi connectivity index (χ0v) is 19.2. The van der Waals surface area contributed by atoms with Gasteiger partial charge in [-0.25, -0.2) is 0 Å². The summed E-state index contributed by atoms with van der Waals surface area (Å²) in [6, 6.07) is 15.3. The standard InChI is InChI=1S/C25H32N4O4/c1-18-8-9-22(33-2)21(14-18)28-23(30)16-26-24(31)17-29-12-10-20(11-13-29)25(32)27-15-19-6-4-3-5-7-19/h3-9,14,20H,10-13,15-17H2,1-2H3,(H,26,31)(H,27,32)(H,28,30). The van der Waals surface area contributed by atoms with Gasteiger partial charge in [0.25, 0.3) is 0 Å². The highest BCUT2D eigenvalue weighted by atomic mass is 16.5. The maximum atomic E-state index is 12.4. The van der Waals surface area contributed by atoms with E-state index in [0.717, 1.165) is 11.1 Å². The van der Waals surface area contributed by atoms with Crippen LogP contribution in [0.5, 0.6) is 5.75 Å². The normalized spacial score (nSPS) is 14.4. The van der Waals surface area contributed by atoms with Crippen LogP contribution in [0.4, 0.5) is 5.69 Å². The number of carbonyl (C=O) groups is 3. The lowest BCUT2D eigenvalue weighted by Gasteiger charge is -2.30. The molecule has 8 nitrogen and oxygen atoms in total. The van der Waals surface area contributed by atoms with Crippen molar-refractivity contribution in [3.63, 3.8) is 0 Å². The quantitative estimate of drug-likeness (QED) is 0.541. The van der Waals surface area contributed by atoms with E-state index >= 15 is 0 Å². The molecule has 0 atom stereocenters. The molecule has 1 saturated heterocycles. The van der Waals surface area contributed by atoms with Gasteiger partial charge in [0.2, 0.25) is 17.7 Å². The number of methoxy groups -OCH3 is 1. The SMILES string of the molecule is COc1ccc(C)cc1NC(=O)CNC(=O)CN1CCC(C(=O)NCc2ccccc2)CC1. The minimum absolute atomic E-state index is 0.0388. The molecule has 8 heteroatoms. The summed E-state index contributed by atoms with van der Waals surface area (Å²) in [5.41, 5.74) is 2.64. The molecule has 3 amide bonds. The molecule has 0 aliphatic carbocycles. The molecular weight excluding hydrogens is 420 g/mol. The molecule has 1 aliphatic rings. The smallest absolute Gasteiger partial charge is 0.243 e. The Morgan fingerprint density at radius 1 is 1.00 bits per heavy atom. The van der Waals surface area contributed by atoms with Crippen molar-refractivity contribution in [2.45, 2.75) is 26.3 Å². The summed E-state index contributed by atoms with van der Waals surface area (Å²) in [7, 11) is 1.54. The van der Waals surface area contributed by atoms with Crippen molar-refractivity contribution in [2.75, 3.05) is 38.6 Å². The Bertz CT molecular complexity index is 956. The minimum atomic E-state index is -0.318. The van der Waals surface area contributed by atoms with Gasteiger partial charge in [-0.15, -0.1) is 0 Å². The summed E-state index contributed by atoms with van der Waals surface area (Å²) in [6.07, 6.45) is 1.42. The third kappa shape index (κ3) is 7.61. The average molecular weight is 453 g/mol. The molecule has 33 heavy (non-hydrogen) atoms. The Morgan fingerprint density at radius 3 is 2.42 bits per heavy atom. The van der Waals surface area contributed by atoms with Crippen LogP contribution >= 0.6 is 0 Å². The lowest BCUT2D eigenvalue weighted by molar-refractivity contribution is -0.127. The first-order valence-electron chi connectivity index (χ1n) is 11.2. The summed E-state index contributed by atoms with van der Waals surface area (Å²) >= 11 is 0. The molecule has 0 radical (unpaired) electrons. The predicted octanol–water partition coefficient (Wildman–Crippen LogP) is 2.09. The molecule has 0 saturated carbocycles. The molecule has 2 aromatic carbocycles. The molecule has 0 spiro atoms. The number of aryl methyl sites for hydroxylation is 1. The Labute approximate surface area is 194 Å². The Morgan fingerprint density at radius 2 is 1.73 bits per heavy atom. The molecule has 2 aromatic rings. The molecule has 0 aromatic heterocycles. The fourth-order valence-corrected chi connectivity index (χ4v) is 3.83. The van der Waals surface area contributed by atoms with E-state index in [1.165, 1.54) is 7.11 Å². The van der Waals surface area contributed by atoms with Gasteiger partial charge in [-0.1, -0.05) is 36.4 Å². The van der Waals surface area contributed by atoms with E-state index in [-0.39, 0.29) is 36.7 Å². The highest BCUT2D eigenvalue weighted by molar-refractivity contribution is 5.96. The second-order valence-corrected chi connectivity index (χ2v) is 8.28. The highest BCUT2D eigenvalue weighted by Gasteiger charge is 2.25. The molecule has 0 bridgehead atoms. The van der Waals surface area contributed by atoms with Crippen molar-refractivity contribution in [1.82, 2.24) is 15.5 Å². The first kappa shape index (κ1) is 24.3. The first-order valence-corrected chi connectivity index (χ1v) is 11.2. The van der Waals surface area contributed by atoms with E-state index in [9.17, 15) is 14.4 Å². The van der Waals surface area contributed by atoms with Crippen LogP contribution < -0.4 is 20.7 Å². The number of amides is 3. The van der Waals surface area contributed by atoms with Gasteiger partial charge in [-0.05, 0) is 56.1 Å². The summed E-state index contributed by atoms with van der Waals surface area (Å²) in [5, 5.41) is 8.43. The van der Waals surface area contributed by atoms with Gasteiger partial charge < -0.3 is 20.7 Å². The lowest BCUT2D eigenvalue weighted by atomic mass is 9.96. The van der Waals surface area contributed by atoms with Crippen LogP contribution in [0.15, 0.2) is 48.5 Å². The van der Waals surface area contributed by atoms with Gasteiger partial charge in [0.05, 0.1) is 25.9 Å². The van der Waals surface area contributed by atoms with Gasteiger partial charge in [0.15, 0.2) is 0 Å². The number of nitrogens with zero attached hydrogens (tertiary/aromatic N) is 1. The van der Waals surface area contributed by atoms with Crippen molar-refractivity contribution < 1.29 is 19.1 Å².